The molecule has 0 spiro atoms. The van der Waals surface area contributed by atoms with Crippen LogP contribution >= 0.6 is 0 Å². The molecule has 80 valence electrons. The minimum atomic E-state index is 0.113. The van der Waals surface area contributed by atoms with E-state index in [2.05, 4.69) is 15.6 Å². The number of ether oxygens (including phenoxy) is 1. The van der Waals surface area contributed by atoms with E-state index < -0.39 is 0 Å². The summed E-state index contributed by atoms with van der Waals surface area (Å²) in [5, 5.41) is 10.9. The Morgan fingerprint density at radius 3 is 3.07 bits per heavy atom. The van der Waals surface area contributed by atoms with Gasteiger partial charge in [-0.05, 0) is 7.05 Å². The zero-order chi connectivity index (χ0) is 10.4. The summed E-state index contributed by atoms with van der Waals surface area (Å²) in [6.07, 6.45) is 1.73. The summed E-state index contributed by atoms with van der Waals surface area (Å²) in [7, 11) is 3.55. The summed E-state index contributed by atoms with van der Waals surface area (Å²) < 4.78 is 6.88. The predicted octanol–water partition coefficient (Wildman–Crippen LogP) is -0.856. The van der Waals surface area contributed by atoms with Crippen LogP contribution in [0.3, 0.4) is 0 Å². The van der Waals surface area contributed by atoms with E-state index in [1.54, 1.807) is 18.0 Å². The standard InChI is InChI=1S/C8H17N5O/c1-10-7(6-14-2)8-5-11-12-13(8)4-3-9/h5,7,10H,3-4,6,9H2,1-2H3. The van der Waals surface area contributed by atoms with Gasteiger partial charge in [-0.15, -0.1) is 5.10 Å². The number of hydrogen-bond acceptors (Lipinski definition) is 5. The van der Waals surface area contributed by atoms with Gasteiger partial charge >= 0.3 is 0 Å². The molecule has 0 saturated carbocycles. The van der Waals surface area contributed by atoms with Crippen LogP contribution in [0.4, 0.5) is 0 Å². The van der Waals surface area contributed by atoms with Gasteiger partial charge in [0, 0.05) is 13.7 Å². The number of hydrogen-bond donors (Lipinski definition) is 2. The summed E-state index contributed by atoms with van der Waals surface area (Å²) in [4.78, 5) is 0. The van der Waals surface area contributed by atoms with E-state index in [0.717, 1.165) is 5.69 Å². The van der Waals surface area contributed by atoms with Crippen molar-refractivity contribution in [3.8, 4) is 0 Å². The Bertz CT molecular complexity index is 262. The molecule has 0 amide bonds. The molecule has 0 saturated heterocycles. The molecular weight excluding hydrogens is 182 g/mol. The van der Waals surface area contributed by atoms with E-state index in [4.69, 9.17) is 10.5 Å². The van der Waals surface area contributed by atoms with Crippen LogP contribution in [0, 0.1) is 0 Å². The molecule has 14 heavy (non-hydrogen) atoms. The van der Waals surface area contributed by atoms with Crippen LogP contribution < -0.4 is 11.1 Å². The summed E-state index contributed by atoms with van der Waals surface area (Å²) in [5.41, 5.74) is 6.46. The van der Waals surface area contributed by atoms with Crippen molar-refractivity contribution in [2.75, 3.05) is 27.3 Å². The normalized spacial score (nSPS) is 13.1. The van der Waals surface area contributed by atoms with E-state index in [1.165, 1.54) is 0 Å². The maximum atomic E-state index is 5.46. The molecule has 1 unspecified atom stereocenters. The van der Waals surface area contributed by atoms with Crippen LogP contribution in [0.25, 0.3) is 0 Å². The van der Waals surface area contributed by atoms with Gasteiger partial charge in [0.1, 0.15) is 0 Å². The Labute approximate surface area is 83.4 Å². The fourth-order valence-electron chi connectivity index (χ4n) is 1.31. The topological polar surface area (TPSA) is 78.0 Å². The van der Waals surface area contributed by atoms with Gasteiger partial charge in [-0.3, -0.25) is 0 Å². The molecule has 0 aliphatic carbocycles. The van der Waals surface area contributed by atoms with Crippen LogP contribution in [0.15, 0.2) is 6.20 Å². The minimum absolute atomic E-state index is 0.113. The second kappa shape index (κ2) is 5.69. The molecule has 0 bridgehead atoms. The average Bonchev–Trinajstić information content (AvgIpc) is 2.63. The van der Waals surface area contributed by atoms with Crippen LogP contribution in [0.2, 0.25) is 0 Å². The Morgan fingerprint density at radius 1 is 1.71 bits per heavy atom. The highest BCUT2D eigenvalue weighted by molar-refractivity contribution is 5.02. The third-order valence-electron chi connectivity index (χ3n) is 2.03. The molecule has 0 radical (unpaired) electrons. The average molecular weight is 199 g/mol. The lowest BCUT2D eigenvalue weighted by atomic mass is 10.2. The number of nitrogens with one attached hydrogen (secondary N) is 1. The number of methoxy groups -OCH3 is 1. The Balaban J connectivity index is 2.74. The SMILES string of the molecule is CNC(COC)c1cnnn1CCN. The van der Waals surface area contributed by atoms with Gasteiger partial charge in [0.05, 0.1) is 31.1 Å². The van der Waals surface area contributed by atoms with Crippen molar-refractivity contribution in [2.45, 2.75) is 12.6 Å². The third kappa shape index (κ3) is 2.50. The predicted molar refractivity (Wildman–Crippen MR) is 52.8 cm³/mol. The molecule has 0 aliphatic heterocycles. The van der Waals surface area contributed by atoms with Crippen LogP contribution in [-0.2, 0) is 11.3 Å². The fourth-order valence-corrected chi connectivity index (χ4v) is 1.31. The maximum Gasteiger partial charge on any atom is 0.0780 e. The number of likely N-dealkylation sites (N-methyl/N-ethyl adjacent to an activating group) is 1. The Hall–Kier alpha value is -0.980. The van der Waals surface area contributed by atoms with Crippen LogP contribution in [0.1, 0.15) is 11.7 Å². The Morgan fingerprint density at radius 2 is 2.50 bits per heavy atom. The summed E-state index contributed by atoms with van der Waals surface area (Å²) >= 11 is 0. The molecule has 1 rings (SSSR count). The maximum absolute atomic E-state index is 5.46. The molecule has 1 aromatic heterocycles. The first-order valence-corrected chi connectivity index (χ1v) is 4.58. The summed E-state index contributed by atoms with van der Waals surface area (Å²) in [6, 6.07) is 0.113. The molecule has 6 heteroatoms. The van der Waals surface area contributed by atoms with Crippen LogP contribution in [0.5, 0.6) is 0 Å². The second-order valence-electron chi connectivity index (χ2n) is 2.97. The molecule has 1 aromatic rings. The van der Waals surface area contributed by atoms with Gasteiger partial charge in [0.2, 0.25) is 0 Å². The summed E-state index contributed by atoms with van der Waals surface area (Å²) in [5.74, 6) is 0. The van der Waals surface area contributed by atoms with E-state index in [9.17, 15) is 0 Å². The van der Waals surface area contributed by atoms with E-state index in [0.29, 0.717) is 19.7 Å². The van der Waals surface area contributed by atoms with Gasteiger partial charge in [-0.2, -0.15) is 0 Å². The molecule has 6 nitrogen and oxygen atoms in total. The zero-order valence-electron chi connectivity index (χ0n) is 8.60. The molecule has 0 fully saturated rings. The van der Waals surface area contributed by atoms with E-state index >= 15 is 0 Å². The second-order valence-corrected chi connectivity index (χ2v) is 2.97. The third-order valence-corrected chi connectivity index (χ3v) is 2.03. The number of rotatable bonds is 6. The quantitative estimate of drug-likeness (QED) is 0.623. The van der Waals surface area contributed by atoms with Crippen molar-refractivity contribution in [1.82, 2.24) is 20.3 Å². The first-order chi connectivity index (χ1) is 6.83. The van der Waals surface area contributed by atoms with Crippen molar-refractivity contribution in [2.24, 2.45) is 5.73 Å². The number of nitrogens with two attached hydrogens (primary N) is 1. The molecule has 1 atom stereocenters. The van der Waals surface area contributed by atoms with Gasteiger partial charge in [0.25, 0.3) is 0 Å². The molecule has 3 N–H and O–H groups in total. The van der Waals surface area contributed by atoms with Crippen molar-refractivity contribution >= 4 is 0 Å². The van der Waals surface area contributed by atoms with Crippen molar-refractivity contribution in [3.63, 3.8) is 0 Å². The molecule has 0 aliphatic rings. The lowest BCUT2D eigenvalue weighted by Crippen LogP contribution is -2.25. The lowest BCUT2D eigenvalue weighted by molar-refractivity contribution is 0.166. The van der Waals surface area contributed by atoms with Crippen molar-refractivity contribution < 1.29 is 4.74 Å². The summed E-state index contributed by atoms with van der Waals surface area (Å²) in [6.45, 7) is 1.82. The van der Waals surface area contributed by atoms with Crippen molar-refractivity contribution in [1.29, 1.82) is 0 Å². The molecule has 0 aromatic carbocycles. The highest BCUT2D eigenvalue weighted by Gasteiger charge is 2.14. The number of aromatic nitrogens is 3. The van der Waals surface area contributed by atoms with Gasteiger partial charge < -0.3 is 15.8 Å². The molecule has 1 heterocycles. The molecular formula is C8H17N5O. The van der Waals surface area contributed by atoms with E-state index in [-0.39, 0.29) is 6.04 Å². The minimum Gasteiger partial charge on any atom is -0.383 e. The van der Waals surface area contributed by atoms with Gasteiger partial charge in [0.15, 0.2) is 0 Å². The largest absolute Gasteiger partial charge is 0.383 e. The van der Waals surface area contributed by atoms with Crippen molar-refractivity contribution in [3.05, 3.63) is 11.9 Å². The highest BCUT2D eigenvalue weighted by Crippen LogP contribution is 2.10. The van der Waals surface area contributed by atoms with Gasteiger partial charge in [-0.25, -0.2) is 4.68 Å². The fraction of sp³-hybridized carbons (Fsp3) is 0.750. The van der Waals surface area contributed by atoms with Gasteiger partial charge in [-0.1, -0.05) is 5.21 Å². The first kappa shape index (κ1) is 11.1. The Kier molecular flexibility index (Phi) is 4.51. The monoisotopic (exact) mass is 199 g/mol. The first-order valence-electron chi connectivity index (χ1n) is 4.58. The number of nitrogens with zero attached hydrogens (tertiary/aromatic N) is 3. The smallest absolute Gasteiger partial charge is 0.0780 e. The van der Waals surface area contributed by atoms with Crippen LogP contribution in [-0.4, -0.2) is 42.3 Å². The zero-order valence-corrected chi connectivity index (χ0v) is 8.60. The highest BCUT2D eigenvalue weighted by atomic mass is 16.5. The lowest BCUT2D eigenvalue weighted by Gasteiger charge is -2.15. The van der Waals surface area contributed by atoms with E-state index in [1.807, 2.05) is 7.05 Å².